The number of aromatic nitrogens is 4. The lowest BCUT2D eigenvalue weighted by Gasteiger charge is -2.06. The van der Waals surface area contributed by atoms with Crippen LogP contribution in [-0.4, -0.2) is 37.9 Å². The highest BCUT2D eigenvalue weighted by Gasteiger charge is 2.12. The maximum absolute atomic E-state index is 12.0. The Bertz CT molecular complexity index is 795. The maximum Gasteiger partial charge on any atom is 0.332 e. The van der Waals surface area contributed by atoms with E-state index in [2.05, 4.69) is 14.7 Å². The first-order chi connectivity index (χ1) is 9.45. The van der Waals surface area contributed by atoms with Gasteiger partial charge in [0, 0.05) is 14.1 Å². The molecule has 2 rings (SSSR count). The van der Waals surface area contributed by atoms with Crippen LogP contribution in [0.3, 0.4) is 0 Å². The van der Waals surface area contributed by atoms with Gasteiger partial charge in [-0.15, -0.1) is 0 Å². The summed E-state index contributed by atoms with van der Waals surface area (Å²) >= 11 is 1.11. The number of methoxy groups -OCH3 is 1. The smallest absolute Gasteiger partial charge is 0.332 e. The van der Waals surface area contributed by atoms with Crippen molar-refractivity contribution in [3.63, 3.8) is 0 Å². The van der Waals surface area contributed by atoms with Crippen LogP contribution in [0.1, 0.15) is 0 Å². The fourth-order valence-corrected chi connectivity index (χ4v) is 2.24. The topological polar surface area (TPSA) is 96.1 Å². The minimum absolute atomic E-state index is 0.0722. The number of carbonyl (C=O) groups is 1. The summed E-state index contributed by atoms with van der Waals surface area (Å²) in [7, 11) is 4.18. The van der Waals surface area contributed by atoms with Crippen molar-refractivity contribution in [1.29, 1.82) is 0 Å². The number of rotatable bonds is 3. The molecule has 0 fully saturated rings. The second kappa shape index (κ2) is 5.45. The van der Waals surface area contributed by atoms with E-state index < -0.39 is 17.2 Å². The molecule has 0 saturated carbocycles. The van der Waals surface area contributed by atoms with Crippen molar-refractivity contribution >= 4 is 28.9 Å². The molecule has 2 heterocycles. The number of ether oxygens (including phenoxy) is 1. The second-order valence-electron chi connectivity index (χ2n) is 3.95. The lowest BCUT2D eigenvalue weighted by Crippen LogP contribution is -2.37. The molecule has 0 aromatic carbocycles. The Hall–Kier alpha value is -2.16. The Labute approximate surface area is 117 Å². The quantitative estimate of drug-likeness (QED) is 0.545. The monoisotopic (exact) mass is 296 g/mol. The Morgan fingerprint density at radius 1 is 1.35 bits per heavy atom. The first-order valence-corrected chi connectivity index (χ1v) is 6.56. The van der Waals surface area contributed by atoms with Crippen LogP contribution >= 0.6 is 11.8 Å². The molecule has 106 valence electrons. The molecular formula is C11H12N4O4S. The van der Waals surface area contributed by atoms with Gasteiger partial charge in [0.1, 0.15) is 5.03 Å². The largest absolute Gasteiger partial charge is 0.468 e. The number of esters is 1. The highest BCUT2D eigenvalue weighted by molar-refractivity contribution is 7.99. The predicted molar refractivity (Wildman–Crippen MR) is 72.8 cm³/mol. The van der Waals surface area contributed by atoms with E-state index in [1.165, 1.54) is 32.0 Å². The fourth-order valence-electron chi connectivity index (χ4n) is 1.58. The molecule has 0 bridgehead atoms. The van der Waals surface area contributed by atoms with Crippen LogP contribution in [0, 0.1) is 0 Å². The fraction of sp³-hybridized carbons (Fsp3) is 0.364. The van der Waals surface area contributed by atoms with Gasteiger partial charge in [-0.05, 0) is 0 Å². The van der Waals surface area contributed by atoms with Crippen LogP contribution in [0.5, 0.6) is 0 Å². The van der Waals surface area contributed by atoms with Gasteiger partial charge < -0.3 is 4.74 Å². The van der Waals surface area contributed by atoms with Crippen molar-refractivity contribution in [1.82, 2.24) is 19.1 Å². The standard InChI is InChI=1S/C11H12N4O4S/c1-14-9-8(10(17)15(2)11(14)18)13-6(4-12-9)20-5-7(16)19-3/h4H,5H2,1-3H3. The molecule has 2 aromatic rings. The van der Waals surface area contributed by atoms with Crippen molar-refractivity contribution in [2.45, 2.75) is 5.03 Å². The molecule has 20 heavy (non-hydrogen) atoms. The molecule has 0 atom stereocenters. The highest BCUT2D eigenvalue weighted by atomic mass is 32.2. The SMILES string of the molecule is COC(=O)CSc1cnc2c(n1)c(=O)n(C)c(=O)n2C. The molecule has 2 aromatic heterocycles. The molecule has 9 heteroatoms. The number of aryl methyl sites for hydroxylation is 1. The summed E-state index contributed by atoms with van der Waals surface area (Å²) in [4.78, 5) is 43.0. The molecule has 0 amide bonds. The van der Waals surface area contributed by atoms with Crippen LogP contribution < -0.4 is 11.2 Å². The summed E-state index contributed by atoms with van der Waals surface area (Å²) in [6.45, 7) is 0. The van der Waals surface area contributed by atoms with E-state index in [4.69, 9.17) is 0 Å². The molecule has 0 aliphatic rings. The normalized spacial score (nSPS) is 10.8. The van der Waals surface area contributed by atoms with Gasteiger partial charge in [-0.25, -0.2) is 14.8 Å². The Morgan fingerprint density at radius 3 is 2.70 bits per heavy atom. The van der Waals surface area contributed by atoms with Crippen LogP contribution in [0.15, 0.2) is 20.8 Å². The average molecular weight is 296 g/mol. The number of fused-ring (bicyclic) bond motifs is 1. The molecule has 0 N–H and O–H groups in total. The third-order valence-corrected chi connectivity index (χ3v) is 3.57. The summed E-state index contributed by atoms with van der Waals surface area (Å²) in [5, 5.41) is 0.415. The molecular weight excluding hydrogens is 284 g/mol. The first kappa shape index (κ1) is 14.3. The minimum atomic E-state index is -0.517. The summed E-state index contributed by atoms with van der Waals surface area (Å²) < 4.78 is 6.73. The van der Waals surface area contributed by atoms with Gasteiger partial charge in [-0.1, -0.05) is 11.8 Å². The summed E-state index contributed by atoms with van der Waals surface area (Å²) in [6.07, 6.45) is 1.41. The van der Waals surface area contributed by atoms with E-state index in [1.54, 1.807) is 0 Å². The molecule has 0 radical (unpaired) electrons. The third kappa shape index (κ3) is 2.44. The summed E-state index contributed by atoms with van der Waals surface area (Å²) in [5.74, 6) is -0.326. The molecule has 0 saturated heterocycles. The van der Waals surface area contributed by atoms with Gasteiger partial charge in [0.15, 0.2) is 11.2 Å². The zero-order valence-corrected chi connectivity index (χ0v) is 11.9. The zero-order chi connectivity index (χ0) is 14.9. The lowest BCUT2D eigenvalue weighted by molar-refractivity contribution is -0.137. The number of thioether (sulfide) groups is 1. The molecule has 0 unspecified atom stereocenters. The number of hydrogen-bond acceptors (Lipinski definition) is 7. The summed E-state index contributed by atoms with van der Waals surface area (Å²) in [5.41, 5.74) is -0.687. The number of nitrogens with zero attached hydrogens (tertiary/aromatic N) is 4. The van der Waals surface area contributed by atoms with Gasteiger partial charge in [0.25, 0.3) is 5.56 Å². The van der Waals surface area contributed by atoms with E-state index in [1.807, 2.05) is 0 Å². The molecule has 0 spiro atoms. The maximum atomic E-state index is 12.0. The second-order valence-corrected chi connectivity index (χ2v) is 4.95. The third-order valence-electron chi connectivity index (χ3n) is 2.70. The van der Waals surface area contributed by atoms with Gasteiger partial charge >= 0.3 is 11.7 Å². The molecule has 8 nitrogen and oxygen atoms in total. The average Bonchev–Trinajstić information content (AvgIpc) is 2.48. The number of carbonyl (C=O) groups excluding carboxylic acids is 1. The Kier molecular flexibility index (Phi) is 3.89. The van der Waals surface area contributed by atoms with E-state index in [-0.39, 0.29) is 16.9 Å². The van der Waals surface area contributed by atoms with E-state index in [0.717, 1.165) is 16.3 Å². The van der Waals surface area contributed by atoms with Crippen LogP contribution in [0.2, 0.25) is 0 Å². The number of hydrogen-bond donors (Lipinski definition) is 0. The molecule has 0 aliphatic heterocycles. The zero-order valence-electron chi connectivity index (χ0n) is 11.1. The van der Waals surface area contributed by atoms with Gasteiger partial charge in [0.05, 0.1) is 19.1 Å². The first-order valence-electron chi connectivity index (χ1n) is 5.58. The predicted octanol–water partition coefficient (Wildman–Crippen LogP) is -0.708. The lowest BCUT2D eigenvalue weighted by atomic mass is 10.5. The van der Waals surface area contributed by atoms with Crippen molar-refractivity contribution in [2.75, 3.05) is 12.9 Å². The van der Waals surface area contributed by atoms with E-state index in [0.29, 0.717) is 5.03 Å². The van der Waals surface area contributed by atoms with Crippen molar-refractivity contribution in [3.05, 3.63) is 27.0 Å². The van der Waals surface area contributed by atoms with Gasteiger partial charge in [0.2, 0.25) is 0 Å². The minimum Gasteiger partial charge on any atom is -0.468 e. The van der Waals surface area contributed by atoms with E-state index >= 15 is 0 Å². The Morgan fingerprint density at radius 2 is 2.05 bits per heavy atom. The Balaban J connectivity index is 2.52. The van der Waals surface area contributed by atoms with Crippen molar-refractivity contribution in [2.24, 2.45) is 14.1 Å². The van der Waals surface area contributed by atoms with Crippen molar-refractivity contribution < 1.29 is 9.53 Å². The van der Waals surface area contributed by atoms with Crippen LogP contribution in [-0.2, 0) is 23.6 Å². The summed E-state index contributed by atoms with van der Waals surface area (Å²) in [6, 6.07) is 0. The van der Waals surface area contributed by atoms with Crippen LogP contribution in [0.4, 0.5) is 0 Å². The van der Waals surface area contributed by atoms with E-state index in [9.17, 15) is 14.4 Å². The van der Waals surface area contributed by atoms with Crippen LogP contribution in [0.25, 0.3) is 11.2 Å². The van der Waals surface area contributed by atoms with Gasteiger partial charge in [-0.3, -0.25) is 18.7 Å². The highest BCUT2D eigenvalue weighted by Crippen LogP contribution is 2.15. The van der Waals surface area contributed by atoms with Crippen molar-refractivity contribution in [3.8, 4) is 0 Å². The molecule has 0 aliphatic carbocycles. The van der Waals surface area contributed by atoms with Gasteiger partial charge in [-0.2, -0.15) is 0 Å².